The molecular weight excluding hydrogens is 222 g/mol. The lowest BCUT2D eigenvalue weighted by Crippen LogP contribution is -2.26. The molecule has 0 spiro atoms. The van der Waals surface area contributed by atoms with E-state index in [1.807, 2.05) is 38.3 Å². The maximum atomic E-state index is 11.8. The van der Waals surface area contributed by atoms with Crippen molar-refractivity contribution in [3.05, 3.63) is 29.8 Å². The SMILES string of the molecule is CSc1ccccc1C(=O)NOCC(C)C. The van der Waals surface area contributed by atoms with E-state index in [2.05, 4.69) is 5.48 Å². The summed E-state index contributed by atoms with van der Waals surface area (Å²) in [5, 5.41) is 0. The quantitative estimate of drug-likeness (QED) is 0.634. The molecular formula is C12H17NO2S. The van der Waals surface area contributed by atoms with Gasteiger partial charge in [-0.2, -0.15) is 0 Å². The third-order valence-corrected chi connectivity index (χ3v) is 2.73. The van der Waals surface area contributed by atoms with Gasteiger partial charge in [0, 0.05) is 4.90 Å². The van der Waals surface area contributed by atoms with Crippen molar-refractivity contribution in [1.82, 2.24) is 5.48 Å². The average Bonchev–Trinajstić information content (AvgIpc) is 2.28. The summed E-state index contributed by atoms with van der Waals surface area (Å²) in [5.74, 6) is 0.210. The maximum absolute atomic E-state index is 11.8. The molecule has 0 unspecified atom stereocenters. The molecule has 1 aromatic rings. The van der Waals surface area contributed by atoms with E-state index in [0.717, 1.165) is 4.90 Å². The van der Waals surface area contributed by atoms with Crippen LogP contribution in [0, 0.1) is 5.92 Å². The second-order valence-electron chi connectivity index (χ2n) is 3.84. The molecule has 0 aromatic heterocycles. The van der Waals surface area contributed by atoms with Crippen LogP contribution in [0.15, 0.2) is 29.2 Å². The predicted octanol–water partition coefficient (Wildman–Crippen LogP) is 2.73. The molecule has 1 aromatic carbocycles. The number of nitrogens with one attached hydrogen (secondary N) is 1. The number of amides is 1. The van der Waals surface area contributed by atoms with E-state index >= 15 is 0 Å². The zero-order valence-corrected chi connectivity index (χ0v) is 10.6. The van der Waals surface area contributed by atoms with E-state index in [1.54, 1.807) is 17.8 Å². The van der Waals surface area contributed by atoms with Gasteiger partial charge in [0.05, 0.1) is 12.2 Å². The van der Waals surface area contributed by atoms with Crippen LogP contribution < -0.4 is 5.48 Å². The summed E-state index contributed by atoms with van der Waals surface area (Å²) in [6.07, 6.45) is 1.95. The normalized spacial score (nSPS) is 10.5. The molecule has 1 rings (SSSR count). The van der Waals surface area contributed by atoms with E-state index < -0.39 is 0 Å². The standard InChI is InChI=1S/C12H17NO2S/c1-9(2)8-15-13-12(14)10-6-4-5-7-11(10)16-3/h4-7,9H,8H2,1-3H3,(H,13,14). The van der Waals surface area contributed by atoms with Crippen molar-refractivity contribution in [2.24, 2.45) is 5.92 Å². The molecule has 88 valence electrons. The van der Waals surface area contributed by atoms with Gasteiger partial charge in [0.25, 0.3) is 5.91 Å². The topological polar surface area (TPSA) is 38.3 Å². The number of benzene rings is 1. The average molecular weight is 239 g/mol. The van der Waals surface area contributed by atoms with Gasteiger partial charge in [0.1, 0.15) is 0 Å². The van der Waals surface area contributed by atoms with Gasteiger partial charge in [0.2, 0.25) is 0 Å². The lowest BCUT2D eigenvalue weighted by Gasteiger charge is -2.09. The van der Waals surface area contributed by atoms with E-state index in [1.165, 1.54) is 0 Å². The Kier molecular flexibility index (Phi) is 5.35. The van der Waals surface area contributed by atoms with Crippen LogP contribution in [0.4, 0.5) is 0 Å². The second kappa shape index (κ2) is 6.55. The Morgan fingerprint density at radius 1 is 1.44 bits per heavy atom. The molecule has 1 N–H and O–H groups in total. The van der Waals surface area contributed by atoms with Crippen LogP contribution in [0.3, 0.4) is 0 Å². The molecule has 0 fully saturated rings. The third-order valence-electron chi connectivity index (χ3n) is 1.93. The van der Waals surface area contributed by atoms with Gasteiger partial charge in [-0.3, -0.25) is 9.63 Å². The van der Waals surface area contributed by atoms with Gasteiger partial charge in [-0.25, -0.2) is 5.48 Å². The molecule has 0 radical (unpaired) electrons. The molecule has 0 aliphatic rings. The van der Waals surface area contributed by atoms with Gasteiger partial charge in [-0.15, -0.1) is 11.8 Å². The first-order valence-corrected chi connectivity index (χ1v) is 6.42. The summed E-state index contributed by atoms with van der Waals surface area (Å²) in [7, 11) is 0. The molecule has 0 heterocycles. The zero-order valence-electron chi connectivity index (χ0n) is 9.82. The van der Waals surface area contributed by atoms with E-state index in [0.29, 0.717) is 18.1 Å². The molecule has 3 nitrogen and oxygen atoms in total. The molecule has 4 heteroatoms. The number of hydroxylamine groups is 1. The molecule has 1 amide bonds. The van der Waals surface area contributed by atoms with Crippen molar-refractivity contribution < 1.29 is 9.63 Å². The van der Waals surface area contributed by atoms with E-state index in [9.17, 15) is 4.79 Å². The predicted molar refractivity (Wildman–Crippen MR) is 66.5 cm³/mol. The highest BCUT2D eigenvalue weighted by Crippen LogP contribution is 2.19. The van der Waals surface area contributed by atoms with Gasteiger partial charge in [-0.1, -0.05) is 26.0 Å². The number of hydrogen-bond acceptors (Lipinski definition) is 3. The molecule has 0 saturated heterocycles. The highest BCUT2D eigenvalue weighted by Gasteiger charge is 2.09. The molecule has 0 bridgehead atoms. The van der Waals surface area contributed by atoms with Crippen LogP contribution >= 0.6 is 11.8 Å². The largest absolute Gasteiger partial charge is 0.275 e. The first kappa shape index (κ1) is 13.1. The number of hydrogen-bond donors (Lipinski definition) is 1. The fraction of sp³-hybridized carbons (Fsp3) is 0.417. The summed E-state index contributed by atoms with van der Waals surface area (Å²) in [6.45, 7) is 4.58. The van der Waals surface area contributed by atoms with Crippen molar-refractivity contribution in [3.63, 3.8) is 0 Å². The van der Waals surface area contributed by atoms with Gasteiger partial charge in [-0.05, 0) is 24.3 Å². The Hall–Kier alpha value is -1.00. The molecule has 16 heavy (non-hydrogen) atoms. The van der Waals surface area contributed by atoms with E-state index in [4.69, 9.17) is 4.84 Å². The molecule has 0 aliphatic carbocycles. The van der Waals surface area contributed by atoms with Gasteiger partial charge < -0.3 is 0 Å². The summed E-state index contributed by atoms with van der Waals surface area (Å²) >= 11 is 1.55. The Balaban J connectivity index is 2.59. The summed E-state index contributed by atoms with van der Waals surface area (Å²) in [5.41, 5.74) is 3.10. The number of carbonyl (C=O) groups excluding carboxylic acids is 1. The first-order valence-electron chi connectivity index (χ1n) is 5.20. The van der Waals surface area contributed by atoms with Gasteiger partial charge in [0.15, 0.2) is 0 Å². The van der Waals surface area contributed by atoms with Crippen molar-refractivity contribution in [2.45, 2.75) is 18.7 Å². The van der Waals surface area contributed by atoms with Crippen molar-refractivity contribution in [2.75, 3.05) is 12.9 Å². The summed E-state index contributed by atoms with van der Waals surface area (Å²) in [6, 6.07) is 7.47. The van der Waals surface area contributed by atoms with Crippen LogP contribution in [0.5, 0.6) is 0 Å². The van der Waals surface area contributed by atoms with Crippen molar-refractivity contribution >= 4 is 17.7 Å². The van der Waals surface area contributed by atoms with Crippen LogP contribution in [-0.2, 0) is 4.84 Å². The van der Waals surface area contributed by atoms with Crippen LogP contribution in [0.2, 0.25) is 0 Å². The number of carbonyl (C=O) groups is 1. The minimum absolute atomic E-state index is 0.189. The monoisotopic (exact) mass is 239 g/mol. The lowest BCUT2D eigenvalue weighted by molar-refractivity contribution is 0.0206. The third kappa shape index (κ3) is 3.87. The van der Waals surface area contributed by atoms with Crippen LogP contribution in [0.25, 0.3) is 0 Å². The first-order chi connectivity index (χ1) is 7.65. The molecule has 0 aliphatic heterocycles. The van der Waals surface area contributed by atoms with Gasteiger partial charge >= 0.3 is 0 Å². The Morgan fingerprint density at radius 3 is 2.75 bits per heavy atom. The smallest absolute Gasteiger partial charge is 0.273 e. The highest BCUT2D eigenvalue weighted by molar-refractivity contribution is 7.98. The van der Waals surface area contributed by atoms with E-state index in [-0.39, 0.29) is 5.91 Å². The molecule has 0 atom stereocenters. The highest BCUT2D eigenvalue weighted by atomic mass is 32.2. The van der Waals surface area contributed by atoms with Crippen molar-refractivity contribution in [3.8, 4) is 0 Å². The lowest BCUT2D eigenvalue weighted by atomic mass is 10.2. The second-order valence-corrected chi connectivity index (χ2v) is 4.68. The Labute approximate surface area is 101 Å². The minimum Gasteiger partial charge on any atom is -0.273 e. The fourth-order valence-corrected chi connectivity index (χ4v) is 1.76. The Morgan fingerprint density at radius 2 is 2.12 bits per heavy atom. The Bertz CT molecular complexity index is 353. The minimum atomic E-state index is -0.189. The zero-order chi connectivity index (χ0) is 12.0. The van der Waals surface area contributed by atoms with Crippen LogP contribution in [0.1, 0.15) is 24.2 Å². The number of thioether (sulfide) groups is 1. The fourth-order valence-electron chi connectivity index (χ4n) is 1.16. The summed E-state index contributed by atoms with van der Waals surface area (Å²) in [4.78, 5) is 17.8. The maximum Gasteiger partial charge on any atom is 0.275 e. The number of rotatable bonds is 5. The summed E-state index contributed by atoms with van der Waals surface area (Å²) < 4.78 is 0. The van der Waals surface area contributed by atoms with Crippen molar-refractivity contribution in [1.29, 1.82) is 0 Å². The van der Waals surface area contributed by atoms with Crippen LogP contribution in [-0.4, -0.2) is 18.8 Å². The molecule has 0 saturated carbocycles.